The van der Waals surface area contributed by atoms with E-state index in [0.29, 0.717) is 11.5 Å². The molecule has 1 saturated heterocycles. The minimum absolute atomic E-state index is 0.0965. The van der Waals surface area contributed by atoms with Crippen LogP contribution in [0.15, 0.2) is 18.2 Å². The Balaban J connectivity index is 1.95. The quantitative estimate of drug-likeness (QED) is 0.915. The molecule has 0 radical (unpaired) electrons. The molecule has 2 nitrogen and oxygen atoms in total. The number of hydrogen-bond donors (Lipinski definition) is 1. The van der Waals surface area contributed by atoms with E-state index in [-0.39, 0.29) is 17.7 Å². The lowest BCUT2D eigenvalue weighted by atomic mass is 9.89. The second-order valence-electron chi connectivity index (χ2n) is 5.91. The lowest BCUT2D eigenvalue weighted by Gasteiger charge is -2.38. The van der Waals surface area contributed by atoms with E-state index in [0.717, 1.165) is 39.0 Å². The van der Waals surface area contributed by atoms with Gasteiger partial charge < -0.3 is 5.32 Å². The molecule has 0 spiro atoms. The molecule has 1 aromatic carbocycles. The van der Waals surface area contributed by atoms with Crippen molar-refractivity contribution in [2.24, 2.45) is 5.92 Å². The highest BCUT2D eigenvalue weighted by molar-refractivity contribution is 5.24. The first-order valence-electron chi connectivity index (χ1n) is 7.66. The minimum atomic E-state index is -0.388. The van der Waals surface area contributed by atoms with Gasteiger partial charge in [0.1, 0.15) is 11.6 Å². The van der Waals surface area contributed by atoms with Gasteiger partial charge in [-0.1, -0.05) is 18.9 Å². The van der Waals surface area contributed by atoms with E-state index >= 15 is 0 Å². The average Bonchev–Trinajstić information content (AvgIpc) is 2.98. The molecule has 4 heteroatoms. The molecule has 0 unspecified atom stereocenters. The van der Waals surface area contributed by atoms with Gasteiger partial charge in [0.15, 0.2) is 0 Å². The first-order valence-corrected chi connectivity index (χ1v) is 7.66. The number of halogens is 2. The molecule has 20 heavy (non-hydrogen) atoms. The summed E-state index contributed by atoms with van der Waals surface area (Å²) < 4.78 is 28.5. The topological polar surface area (TPSA) is 15.3 Å². The first kappa shape index (κ1) is 14.0. The summed E-state index contributed by atoms with van der Waals surface area (Å²) in [5, 5.41) is 3.31. The van der Waals surface area contributed by atoms with Crippen LogP contribution in [0.4, 0.5) is 8.78 Å². The number of nitrogens with zero attached hydrogens (tertiary/aromatic N) is 1. The van der Waals surface area contributed by atoms with Gasteiger partial charge in [-0.3, -0.25) is 4.90 Å². The van der Waals surface area contributed by atoms with Gasteiger partial charge in [-0.05, 0) is 30.9 Å². The Morgan fingerprint density at radius 1 is 1.05 bits per heavy atom. The minimum Gasteiger partial charge on any atom is -0.314 e. The van der Waals surface area contributed by atoms with Gasteiger partial charge in [-0.25, -0.2) is 8.78 Å². The second-order valence-corrected chi connectivity index (χ2v) is 5.91. The Labute approximate surface area is 119 Å². The summed E-state index contributed by atoms with van der Waals surface area (Å²) in [5.41, 5.74) is 0.293. The molecule has 1 N–H and O–H groups in total. The maximum absolute atomic E-state index is 14.2. The lowest BCUT2D eigenvalue weighted by Crippen LogP contribution is -2.47. The van der Waals surface area contributed by atoms with Gasteiger partial charge in [-0.15, -0.1) is 0 Å². The normalized spacial score (nSPS) is 23.1. The molecule has 2 fully saturated rings. The second kappa shape index (κ2) is 6.19. The molecular weight excluding hydrogens is 258 g/mol. The van der Waals surface area contributed by atoms with E-state index in [1.807, 2.05) is 0 Å². The van der Waals surface area contributed by atoms with E-state index in [2.05, 4.69) is 10.2 Å². The fourth-order valence-corrected chi connectivity index (χ4v) is 3.74. The van der Waals surface area contributed by atoms with Crippen molar-refractivity contribution in [2.75, 3.05) is 26.2 Å². The van der Waals surface area contributed by atoms with Crippen LogP contribution in [0.25, 0.3) is 0 Å². The van der Waals surface area contributed by atoms with Crippen LogP contribution in [-0.2, 0) is 0 Å². The third kappa shape index (κ3) is 2.72. The molecule has 1 aromatic rings. The Morgan fingerprint density at radius 2 is 1.65 bits per heavy atom. The molecular formula is C16H22F2N2. The van der Waals surface area contributed by atoms with E-state index in [1.54, 1.807) is 0 Å². The number of benzene rings is 1. The van der Waals surface area contributed by atoms with Crippen LogP contribution >= 0.6 is 0 Å². The lowest BCUT2D eigenvalue weighted by molar-refractivity contribution is 0.119. The van der Waals surface area contributed by atoms with Gasteiger partial charge in [-0.2, -0.15) is 0 Å². The highest BCUT2D eigenvalue weighted by atomic mass is 19.1. The first-order chi connectivity index (χ1) is 9.77. The van der Waals surface area contributed by atoms with Gasteiger partial charge >= 0.3 is 0 Å². The third-order valence-electron chi connectivity index (χ3n) is 4.69. The van der Waals surface area contributed by atoms with E-state index in [9.17, 15) is 8.78 Å². The number of nitrogens with one attached hydrogen (secondary N) is 1. The molecule has 110 valence electrons. The van der Waals surface area contributed by atoms with E-state index in [4.69, 9.17) is 0 Å². The Hall–Kier alpha value is -1.00. The maximum Gasteiger partial charge on any atom is 0.130 e. The van der Waals surface area contributed by atoms with E-state index < -0.39 is 0 Å². The zero-order valence-electron chi connectivity index (χ0n) is 11.7. The summed E-state index contributed by atoms with van der Waals surface area (Å²) >= 11 is 0. The molecule has 3 rings (SSSR count). The van der Waals surface area contributed by atoms with Gasteiger partial charge in [0.2, 0.25) is 0 Å². The highest BCUT2D eigenvalue weighted by Gasteiger charge is 2.35. The zero-order chi connectivity index (χ0) is 13.9. The number of hydrogen-bond acceptors (Lipinski definition) is 2. The molecule has 0 aromatic heterocycles. The molecule has 2 aliphatic rings. The standard InChI is InChI=1S/C16H22F2N2/c17-13-6-3-7-14(18)15(13)16(12-4-1-2-5-12)20-10-8-19-9-11-20/h3,6-7,12,16,19H,1-2,4-5,8-11H2/t16-/m0/s1. The predicted molar refractivity (Wildman–Crippen MR) is 75.5 cm³/mol. The van der Waals surface area contributed by atoms with Crippen molar-refractivity contribution in [3.05, 3.63) is 35.4 Å². The Morgan fingerprint density at radius 3 is 2.25 bits per heavy atom. The largest absolute Gasteiger partial charge is 0.314 e. The molecule has 1 atom stereocenters. The van der Waals surface area contributed by atoms with Crippen LogP contribution in [0.1, 0.15) is 37.3 Å². The van der Waals surface area contributed by atoms with Crippen LogP contribution in [0.2, 0.25) is 0 Å². The van der Waals surface area contributed by atoms with Crippen LogP contribution < -0.4 is 5.32 Å². The summed E-state index contributed by atoms with van der Waals surface area (Å²) in [4.78, 5) is 2.27. The molecule has 1 aliphatic carbocycles. The molecule has 1 heterocycles. The maximum atomic E-state index is 14.2. The Bertz CT molecular complexity index is 432. The van der Waals surface area contributed by atoms with Crippen LogP contribution in [0.3, 0.4) is 0 Å². The van der Waals surface area contributed by atoms with Gasteiger partial charge in [0, 0.05) is 37.8 Å². The molecule has 0 amide bonds. The SMILES string of the molecule is Fc1cccc(F)c1[C@H](C1CCCC1)N1CCNCC1. The summed E-state index contributed by atoms with van der Waals surface area (Å²) in [6.07, 6.45) is 4.54. The number of rotatable bonds is 3. The Kier molecular flexibility index (Phi) is 4.32. The van der Waals surface area contributed by atoms with Crippen molar-refractivity contribution >= 4 is 0 Å². The number of piperazine rings is 1. The van der Waals surface area contributed by atoms with Gasteiger partial charge in [0.25, 0.3) is 0 Å². The fraction of sp³-hybridized carbons (Fsp3) is 0.625. The van der Waals surface area contributed by atoms with E-state index in [1.165, 1.54) is 31.0 Å². The van der Waals surface area contributed by atoms with Gasteiger partial charge in [0.05, 0.1) is 0 Å². The van der Waals surface area contributed by atoms with Crippen molar-refractivity contribution in [1.29, 1.82) is 0 Å². The van der Waals surface area contributed by atoms with Crippen LogP contribution in [0, 0.1) is 17.6 Å². The van der Waals surface area contributed by atoms with Crippen molar-refractivity contribution in [3.8, 4) is 0 Å². The monoisotopic (exact) mass is 280 g/mol. The molecule has 1 aliphatic heterocycles. The zero-order valence-corrected chi connectivity index (χ0v) is 11.7. The van der Waals surface area contributed by atoms with Crippen molar-refractivity contribution in [1.82, 2.24) is 10.2 Å². The summed E-state index contributed by atoms with van der Waals surface area (Å²) in [5.74, 6) is -0.389. The van der Waals surface area contributed by atoms with Crippen molar-refractivity contribution in [2.45, 2.75) is 31.7 Å². The highest BCUT2D eigenvalue weighted by Crippen LogP contribution is 2.41. The molecule has 1 saturated carbocycles. The molecule has 0 bridgehead atoms. The summed E-state index contributed by atoms with van der Waals surface area (Å²) in [7, 11) is 0. The van der Waals surface area contributed by atoms with Crippen LogP contribution in [0.5, 0.6) is 0 Å². The van der Waals surface area contributed by atoms with Crippen molar-refractivity contribution < 1.29 is 8.78 Å². The average molecular weight is 280 g/mol. The summed E-state index contributed by atoms with van der Waals surface area (Å²) in [6, 6.07) is 4.14. The fourth-order valence-electron chi connectivity index (χ4n) is 3.74. The van der Waals surface area contributed by atoms with Crippen molar-refractivity contribution in [3.63, 3.8) is 0 Å². The third-order valence-corrected chi connectivity index (χ3v) is 4.69. The predicted octanol–water partition coefficient (Wildman–Crippen LogP) is 3.10. The summed E-state index contributed by atoms with van der Waals surface area (Å²) in [6.45, 7) is 3.54. The van der Waals surface area contributed by atoms with Crippen LogP contribution in [-0.4, -0.2) is 31.1 Å². The smallest absolute Gasteiger partial charge is 0.130 e.